The van der Waals surface area contributed by atoms with Crippen molar-refractivity contribution in [1.29, 1.82) is 0 Å². The fraction of sp³-hybridized carbons (Fsp3) is 1.00. The van der Waals surface area contributed by atoms with Crippen LogP contribution in [0.3, 0.4) is 0 Å². The van der Waals surface area contributed by atoms with Crippen LogP contribution in [0.15, 0.2) is 0 Å². The van der Waals surface area contributed by atoms with Crippen LogP contribution in [-0.4, -0.2) is 10.2 Å². The first kappa shape index (κ1) is 19.0. The molecule has 0 radical (unpaired) electrons. The van der Waals surface area contributed by atoms with E-state index in [9.17, 15) is 0 Å². The Hall–Kier alpha value is 0.960. The summed E-state index contributed by atoms with van der Waals surface area (Å²) >= 11 is 7.31. The van der Waals surface area contributed by atoms with Gasteiger partial charge >= 0.3 is 0 Å². The molecule has 2 heteroatoms. The fourth-order valence-electron chi connectivity index (χ4n) is 2.28. The van der Waals surface area contributed by atoms with E-state index in [4.69, 9.17) is 0 Å². The lowest BCUT2D eigenvalue weighted by molar-refractivity contribution is 0.547. The standard InChI is InChI=1S/C16H32Br2/c1-2-3-4-5-6-7-8-10-13-16(18)14-11-9-12-15-17/h16H,2-15H2,1H3. The molecule has 0 amide bonds. The minimum absolute atomic E-state index is 0.771. The predicted octanol–water partition coefficient (Wildman–Crippen LogP) is 7.24. The Labute approximate surface area is 132 Å². The molecule has 0 heterocycles. The van der Waals surface area contributed by atoms with E-state index < -0.39 is 0 Å². The zero-order valence-electron chi connectivity index (χ0n) is 12.2. The third-order valence-corrected chi connectivity index (χ3v) is 5.00. The summed E-state index contributed by atoms with van der Waals surface area (Å²) in [5.41, 5.74) is 0. The third kappa shape index (κ3) is 15.0. The minimum Gasteiger partial charge on any atom is -0.0928 e. The lowest BCUT2D eigenvalue weighted by atomic mass is 10.0. The maximum Gasteiger partial charge on any atom is 0.0145 e. The second-order valence-electron chi connectivity index (χ2n) is 5.40. The van der Waals surface area contributed by atoms with Gasteiger partial charge in [0.2, 0.25) is 0 Å². The molecule has 0 bridgehead atoms. The lowest BCUT2D eigenvalue weighted by Gasteiger charge is -2.09. The number of unbranched alkanes of at least 4 members (excludes halogenated alkanes) is 9. The van der Waals surface area contributed by atoms with Gasteiger partial charge in [-0.15, -0.1) is 0 Å². The van der Waals surface area contributed by atoms with Crippen molar-refractivity contribution in [3.8, 4) is 0 Å². The molecule has 110 valence electrons. The second kappa shape index (κ2) is 16.0. The number of hydrogen-bond acceptors (Lipinski definition) is 0. The van der Waals surface area contributed by atoms with Crippen LogP contribution in [0.1, 0.15) is 90.4 Å². The molecule has 0 aromatic carbocycles. The molecule has 0 saturated heterocycles. The predicted molar refractivity (Wildman–Crippen MR) is 92.2 cm³/mol. The van der Waals surface area contributed by atoms with E-state index in [1.54, 1.807) is 0 Å². The maximum absolute atomic E-state index is 3.82. The molecular formula is C16H32Br2. The van der Waals surface area contributed by atoms with Gasteiger partial charge in [0.1, 0.15) is 0 Å². The number of rotatable bonds is 14. The largest absolute Gasteiger partial charge is 0.0928 e. The number of alkyl halides is 2. The highest BCUT2D eigenvalue weighted by atomic mass is 79.9. The monoisotopic (exact) mass is 382 g/mol. The maximum atomic E-state index is 3.82. The highest BCUT2D eigenvalue weighted by Crippen LogP contribution is 2.19. The number of hydrogen-bond donors (Lipinski definition) is 0. The van der Waals surface area contributed by atoms with Gasteiger partial charge in [0.15, 0.2) is 0 Å². The Morgan fingerprint density at radius 1 is 0.667 bits per heavy atom. The van der Waals surface area contributed by atoms with E-state index >= 15 is 0 Å². The van der Waals surface area contributed by atoms with Crippen molar-refractivity contribution < 1.29 is 0 Å². The molecule has 0 nitrogen and oxygen atoms in total. The average molecular weight is 384 g/mol. The summed E-state index contributed by atoms with van der Waals surface area (Å²) in [4.78, 5) is 0.771. The smallest absolute Gasteiger partial charge is 0.0145 e. The van der Waals surface area contributed by atoms with Gasteiger partial charge in [0.25, 0.3) is 0 Å². The van der Waals surface area contributed by atoms with Gasteiger partial charge in [-0.3, -0.25) is 0 Å². The summed E-state index contributed by atoms with van der Waals surface area (Å²) in [7, 11) is 0. The van der Waals surface area contributed by atoms with Crippen molar-refractivity contribution >= 4 is 31.9 Å². The van der Waals surface area contributed by atoms with Gasteiger partial charge in [0.05, 0.1) is 0 Å². The topological polar surface area (TPSA) is 0 Å². The normalized spacial score (nSPS) is 12.8. The van der Waals surface area contributed by atoms with E-state index in [1.807, 2.05) is 0 Å². The Morgan fingerprint density at radius 2 is 1.11 bits per heavy atom. The summed E-state index contributed by atoms with van der Waals surface area (Å²) in [5, 5.41) is 1.16. The Morgan fingerprint density at radius 3 is 1.61 bits per heavy atom. The van der Waals surface area contributed by atoms with Gasteiger partial charge in [-0.1, -0.05) is 103 Å². The second-order valence-corrected chi connectivity index (χ2v) is 7.49. The molecule has 0 aromatic heterocycles. The third-order valence-electron chi connectivity index (χ3n) is 3.52. The molecule has 0 saturated carbocycles. The van der Waals surface area contributed by atoms with Gasteiger partial charge in [-0.25, -0.2) is 0 Å². The van der Waals surface area contributed by atoms with Crippen LogP contribution in [0.2, 0.25) is 0 Å². The molecule has 0 N–H and O–H groups in total. The first-order chi connectivity index (χ1) is 8.81. The van der Waals surface area contributed by atoms with E-state index in [0.717, 1.165) is 10.2 Å². The molecule has 0 aliphatic carbocycles. The fourth-order valence-corrected chi connectivity index (χ4v) is 3.33. The van der Waals surface area contributed by atoms with Crippen LogP contribution < -0.4 is 0 Å². The highest BCUT2D eigenvalue weighted by molar-refractivity contribution is 9.09. The van der Waals surface area contributed by atoms with Crippen LogP contribution in [0.4, 0.5) is 0 Å². The molecule has 0 aromatic rings. The first-order valence-corrected chi connectivity index (χ1v) is 10.0. The SMILES string of the molecule is CCCCCCCCCCC(Br)CCCCCBr. The molecule has 0 rings (SSSR count). The first-order valence-electron chi connectivity index (χ1n) is 8.01. The molecule has 18 heavy (non-hydrogen) atoms. The van der Waals surface area contributed by atoms with E-state index in [2.05, 4.69) is 38.8 Å². The average Bonchev–Trinajstić information content (AvgIpc) is 2.38. The van der Waals surface area contributed by atoms with Crippen LogP contribution >= 0.6 is 31.9 Å². The summed E-state index contributed by atoms with van der Waals surface area (Å²) < 4.78 is 0. The van der Waals surface area contributed by atoms with Crippen molar-refractivity contribution in [3.63, 3.8) is 0 Å². The molecule has 0 aliphatic heterocycles. The number of halogens is 2. The minimum atomic E-state index is 0.771. The van der Waals surface area contributed by atoms with Gasteiger partial charge in [0, 0.05) is 10.2 Å². The molecule has 0 aliphatic rings. The summed E-state index contributed by atoms with van der Waals surface area (Å²) in [6.45, 7) is 2.29. The van der Waals surface area contributed by atoms with Crippen LogP contribution in [-0.2, 0) is 0 Å². The molecular weight excluding hydrogens is 352 g/mol. The molecule has 1 atom stereocenters. The van der Waals surface area contributed by atoms with Crippen LogP contribution in [0.25, 0.3) is 0 Å². The Kier molecular flexibility index (Phi) is 16.9. The van der Waals surface area contributed by atoms with E-state index in [1.165, 1.54) is 83.5 Å². The zero-order chi connectivity index (χ0) is 13.5. The lowest BCUT2D eigenvalue weighted by Crippen LogP contribution is -1.97. The van der Waals surface area contributed by atoms with E-state index in [-0.39, 0.29) is 0 Å². The Balaban J connectivity index is 3.08. The van der Waals surface area contributed by atoms with Gasteiger partial charge in [-0.2, -0.15) is 0 Å². The Bertz CT molecular complexity index is 148. The van der Waals surface area contributed by atoms with Gasteiger partial charge in [-0.05, 0) is 19.3 Å². The quantitative estimate of drug-likeness (QED) is 0.219. The molecule has 0 spiro atoms. The molecule has 0 fully saturated rings. The highest BCUT2D eigenvalue weighted by Gasteiger charge is 2.03. The van der Waals surface area contributed by atoms with E-state index in [0.29, 0.717) is 0 Å². The summed E-state index contributed by atoms with van der Waals surface area (Å²) in [5.74, 6) is 0. The van der Waals surface area contributed by atoms with Crippen molar-refractivity contribution in [2.75, 3.05) is 5.33 Å². The van der Waals surface area contributed by atoms with Crippen molar-refractivity contribution in [2.24, 2.45) is 0 Å². The van der Waals surface area contributed by atoms with Crippen LogP contribution in [0, 0.1) is 0 Å². The van der Waals surface area contributed by atoms with Crippen LogP contribution in [0.5, 0.6) is 0 Å². The van der Waals surface area contributed by atoms with Crippen molar-refractivity contribution in [1.82, 2.24) is 0 Å². The summed E-state index contributed by atoms with van der Waals surface area (Å²) in [6.07, 6.45) is 18.3. The van der Waals surface area contributed by atoms with Crippen molar-refractivity contribution in [3.05, 3.63) is 0 Å². The zero-order valence-corrected chi connectivity index (χ0v) is 15.4. The summed E-state index contributed by atoms with van der Waals surface area (Å²) in [6, 6.07) is 0. The van der Waals surface area contributed by atoms with Crippen molar-refractivity contribution in [2.45, 2.75) is 95.2 Å². The van der Waals surface area contributed by atoms with Gasteiger partial charge < -0.3 is 0 Å². The molecule has 1 unspecified atom stereocenters.